The standard InChI is InChI=1S/C11H11F3N2O2/c12-11(13,14)7-2-1-3-8(4-7)15-10(17)16-9-5-18-6-9/h1-4,9H,5-6H2,(H2,15,16,17). The molecular formula is C11H11F3N2O2. The van der Waals surface area contributed by atoms with E-state index in [0.29, 0.717) is 13.2 Å². The van der Waals surface area contributed by atoms with Crippen molar-refractivity contribution in [3.05, 3.63) is 29.8 Å². The Bertz CT molecular complexity index is 444. The first-order valence-electron chi connectivity index (χ1n) is 5.27. The van der Waals surface area contributed by atoms with Crippen LogP contribution >= 0.6 is 0 Å². The van der Waals surface area contributed by atoms with Gasteiger partial charge in [0.1, 0.15) is 0 Å². The second kappa shape index (κ2) is 4.85. The van der Waals surface area contributed by atoms with E-state index in [1.165, 1.54) is 12.1 Å². The summed E-state index contributed by atoms with van der Waals surface area (Å²) in [5.41, 5.74) is -0.699. The van der Waals surface area contributed by atoms with Gasteiger partial charge in [0.05, 0.1) is 24.8 Å². The number of hydrogen-bond acceptors (Lipinski definition) is 2. The number of amides is 2. The predicted octanol–water partition coefficient (Wildman–Crippen LogP) is 2.23. The van der Waals surface area contributed by atoms with Crippen LogP contribution in [0, 0.1) is 0 Å². The van der Waals surface area contributed by atoms with Gasteiger partial charge in [0.25, 0.3) is 0 Å². The third-order valence-electron chi connectivity index (χ3n) is 2.42. The number of hydrogen-bond donors (Lipinski definition) is 2. The summed E-state index contributed by atoms with van der Waals surface area (Å²) >= 11 is 0. The second-order valence-electron chi connectivity index (χ2n) is 3.91. The fourth-order valence-corrected chi connectivity index (χ4v) is 1.44. The summed E-state index contributed by atoms with van der Waals surface area (Å²) in [6, 6.07) is 3.86. The topological polar surface area (TPSA) is 50.4 Å². The Balaban J connectivity index is 1.98. The number of carbonyl (C=O) groups excluding carboxylic acids is 1. The minimum absolute atomic E-state index is 0.0733. The Hall–Kier alpha value is -1.76. The summed E-state index contributed by atoms with van der Waals surface area (Å²) in [5, 5.41) is 4.91. The van der Waals surface area contributed by atoms with Gasteiger partial charge >= 0.3 is 12.2 Å². The number of nitrogens with one attached hydrogen (secondary N) is 2. The van der Waals surface area contributed by atoms with Crippen LogP contribution in [0.15, 0.2) is 24.3 Å². The smallest absolute Gasteiger partial charge is 0.377 e. The van der Waals surface area contributed by atoms with Crippen molar-refractivity contribution in [2.24, 2.45) is 0 Å². The second-order valence-corrected chi connectivity index (χ2v) is 3.91. The number of anilines is 1. The molecule has 1 saturated heterocycles. The maximum atomic E-state index is 12.4. The number of urea groups is 1. The summed E-state index contributed by atoms with van der Waals surface area (Å²) in [6.45, 7) is 0.853. The van der Waals surface area contributed by atoms with E-state index in [1.54, 1.807) is 0 Å². The van der Waals surface area contributed by atoms with Crippen molar-refractivity contribution < 1.29 is 22.7 Å². The molecule has 0 atom stereocenters. The minimum Gasteiger partial charge on any atom is -0.377 e. The molecule has 0 bridgehead atoms. The Morgan fingerprint density at radius 3 is 2.61 bits per heavy atom. The van der Waals surface area contributed by atoms with Crippen molar-refractivity contribution in [3.8, 4) is 0 Å². The van der Waals surface area contributed by atoms with E-state index in [-0.39, 0.29) is 11.7 Å². The van der Waals surface area contributed by atoms with Crippen LogP contribution in [-0.2, 0) is 10.9 Å². The van der Waals surface area contributed by atoms with Crippen molar-refractivity contribution in [2.45, 2.75) is 12.2 Å². The Labute approximate surface area is 101 Å². The van der Waals surface area contributed by atoms with Crippen LogP contribution in [0.25, 0.3) is 0 Å². The van der Waals surface area contributed by atoms with Gasteiger partial charge in [-0.15, -0.1) is 0 Å². The van der Waals surface area contributed by atoms with Crippen molar-refractivity contribution in [3.63, 3.8) is 0 Å². The average molecular weight is 260 g/mol. The fraction of sp³-hybridized carbons (Fsp3) is 0.364. The first-order valence-corrected chi connectivity index (χ1v) is 5.27. The highest BCUT2D eigenvalue weighted by atomic mass is 19.4. The zero-order valence-electron chi connectivity index (χ0n) is 9.25. The van der Waals surface area contributed by atoms with Gasteiger partial charge < -0.3 is 15.4 Å². The first-order chi connectivity index (χ1) is 8.45. The molecule has 1 fully saturated rings. The van der Waals surface area contributed by atoms with Crippen molar-refractivity contribution in [1.82, 2.24) is 5.32 Å². The van der Waals surface area contributed by atoms with Crippen molar-refractivity contribution >= 4 is 11.7 Å². The molecule has 2 N–H and O–H groups in total. The molecule has 1 heterocycles. The molecule has 1 aliphatic rings. The Morgan fingerprint density at radius 2 is 2.06 bits per heavy atom. The summed E-state index contributed by atoms with van der Waals surface area (Å²) < 4.78 is 42.2. The highest BCUT2D eigenvalue weighted by Gasteiger charge is 2.30. The maximum Gasteiger partial charge on any atom is 0.416 e. The van der Waals surface area contributed by atoms with Crippen LogP contribution < -0.4 is 10.6 Å². The molecule has 0 aliphatic carbocycles. The van der Waals surface area contributed by atoms with E-state index < -0.39 is 17.8 Å². The third kappa shape index (κ3) is 3.13. The van der Waals surface area contributed by atoms with E-state index in [1.807, 2.05) is 0 Å². The molecule has 2 rings (SSSR count). The molecular weight excluding hydrogens is 249 g/mol. The van der Waals surface area contributed by atoms with Gasteiger partial charge in [-0.05, 0) is 18.2 Å². The predicted molar refractivity (Wildman–Crippen MR) is 58.2 cm³/mol. The lowest BCUT2D eigenvalue weighted by atomic mass is 10.2. The number of rotatable bonds is 2. The third-order valence-corrected chi connectivity index (χ3v) is 2.42. The molecule has 0 spiro atoms. The highest BCUT2D eigenvalue weighted by molar-refractivity contribution is 5.89. The normalized spacial score (nSPS) is 15.9. The van der Waals surface area contributed by atoms with Gasteiger partial charge in [-0.1, -0.05) is 6.07 Å². The van der Waals surface area contributed by atoms with Gasteiger partial charge in [0.15, 0.2) is 0 Å². The SMILES string of the molecule is O=C(Nc1cccc(C(F)(F)F)c1)NC1COC1. The summed E-state index contributed by atoms with van der Waals surface area (Å²) in [6.07, 6.45) is -4.42. The molecule has 0 aromatic heterocycles. The van der Waals surface area contributed by atoms with E-state index in [9.17, 15) is 18.0 Å². The zero-order valence-corrected chi connectivity index (χ0v) is 9.25. The summed E-state index contributed by atoms with van der Waals surface area (Å²) in [4.78, 5) is 11.4. The Kier molecular flexibility index (Phi) is 3.42. The first kappa shape index (κ1) is 12.7. The molecule has 4 nitrogen and oxygen atoms in total. The average Bonchev–Trinajstić information content (AvgIpc) is 2.23. The lowest BCUT2D eigenvalue weighted by molar-refractivity contribution is -0.137. The molecule has 2 amide bonds. The number of benzene rings is 1. The van der Waals surface area contributed by atoms with Crippen molar-refractivity contribution in [1.29, 1.82) is 0 Å². The van der Waals surface area contributed by atoms with Gasteiger partial charge in [-0.3, -0.25) is 0 Å². The van der Waals surface area contributed by atoms with E-state index in [4.69, 9.17) is 4.74 Å². The van der Waals surface area contributed by atoms with Gasteiger partial charge in [0.2, 0.25) is 0 Å². The molecule has 1 aromatic carbocycles. The highest BCUT2D eigenvalue weighted by Crippen LogP contribution is 2.30. The molecule has 1 aromatic rings. The largest absolute Gasteiger partial charge is 0.416 e. The molecule has 7 heteroatoms. The monoisotopic (exact) mass is 260 g/mol. The lowest BCUT2D eigenvalue weighted by Gasteiger charge is -2.26. The minimum atomic E-state index is -4.42. The molecule has 0 radical (unpaired) electrons. The quantitative estimate of drug-likeness (QED) is 0.856. The van der Waals surface area contributed by atoms with E-state index in [2.05, 4.69) is 10.6 Å². The van der Waals surface area contributed by atoms with Crippen LogP contribution in [0.3, 0.4) is 0 Å². The Morgan fingerprint density at radius 1 is 1.33 bits per heavy atom. The summed E-state index contributed by atoms with van der Waals surface area (Å²) in [5.74, 6) is 0. The van der Waals surface area contributed by atoms with Gasteiger partial charge in [0, 0.05) is 5.69 Å². The molecule has 0 unspecified atom stereocenters. The van der Waals surface area contributed by atoms with Crippen LogP contribution in [0.5, 0.6) is 0 Å². The maximum absolute atomic E-state index is 12.4. The number of alkyl halides is 3. The number of ether oxygens (including phenoxy) is 1. The zero-order chi connectivity index (χ0) is 13.2. The molecule has 1 aliphatic heterocycles. The summed E-state index contributed by atoms with van der Waals surface area (Å²) in [7, 11) is 0. The van der Waals surface area contributed by atoms with E-state index >= 15 is 0 Å². The van der Waals surface area contributed by atoms with Gasteiger partial charge in [-0.25, -0.2) is 4.79 Å². The molecule has 18 heavy (non-hydrogen) atoms. The van der Waals surface area contributed by atoms with Crippen molar-refractivity contribution in [2.75, 3.05) is 18.5 Å². The molecule has 98 valence electrons. The number of carbonyl (C=O) groups is 1. The van der Waals surface area contributed by atoms with Crippen LogP contribution in [-0.4, -0.2) is 25.3 Å². The van der Waals surface area contributed by atoms with Crippen LogP contribution in [0.1, 0.15) is 5.56 Å². The van der Waals surface area contributed by atoms with E-state index in [0.717, 1.165) is 12.1 Å². The fourth-order valence-electron chi connectivity index (χ4n) is 1.44. The number of halogens is 3. The molecule has 0 saturated carbocycles. The van der Waals surface area contributed by atoms with Crippen LogP contribution in [0.2, 0.25) is 0 Å². The lowest BCUT2D eigenvalue weighted by Crippen LogP contribution is -2.49. The van der Waals surface area contributed by atoms with Crippen LogP contribution in [0.4, 0.5) is 23.7 Å². The van der Waals surface area contributed by atoms with Gasteiger partial charge in [-0.2, -0.15) is 13.2 Å².